The summed E-state index contributed by atoms with van der Waals surface area (Å²) >= 11 is 0. The molecule has 2 atom stereocenters. The maximum absolute atomic E-state index is 12.5. The maximum atomic E-state index is 12.5. The summed E-state index contributed by atoms with van der Waals surface area (Å²) in [5, 5.41) is 12.3. The van der Waals surface area contributed by atoms with Crippen molar-refractivity contribution in [1.82, 2.24) is 10.2 Å². The summed E-state index contributed by atoms with van der Waals surface area (Å²) in [6, 6.07) is 7.65. The van der Waals surface area contributed by atoms with Gasteiger partial charge in [0, 0.05) is 18.7 Å². The molecule has 6 heteroatoms. The quantitative estimate of drug-likeness (QED) is 0.660. The van der Waals surface area contributed by atoms with Crippen molar-refractivity contribution in [2.24, 2.45) is 11.8 Å². The normalized spacial score (nSPS) is 20.0. The largest absolute Gasteiger partial charge is 0.493 e. The summed E-state index contributed by atoms with van der Waals surface area (Å²) in [5.74, 6) is -1.27. The smallest absolute Gasteiger partial charge is 0.307 e. The number of para-hydroxylation sites is 1. The van der Waals surface area contributed by atoms with E-state index in [1.54, 1.807) is 0 Å². The number of benzene rings is 1. The third-order valence-electron chi connectivity index (χ3n) is 4.85. The molecule has 2 N–H and O–H groups in total. The zero-order valence-corrected chi connectivity index (χ0v) is 15.7. The van der Waals surface area contributed by atoms with Gasteiger partial charge in [-0.05, 0) is 39.4 Å². The van der Waals surface area contributed by atoms with E-state index in [0.29, 0.717) is 26.0 Å². The Labute approximate surface area is 155 Å². The molecule has 1 amide bonds. The Balaban J connectivity index is 1.90. The van der Waals surface area contributed by atoms with Crippen LogP contribution in [0, 0.1) is 11.8 Å². The molecule has 0 radical (unpaired) electrons. The van der Waals surface area contributed by atoms with Gasteiger partial charge in [0.15, 0.2) is 0 Å². The molecule has 1 saturated carbocycles. The lowest BCUT2D eigenvalue weighted by atomic mass is 9.78. The molecule has 0 aliphatic heterocycles. The molecule has 1 aromatic carbocycles. The van der Waals surface area contributed by atoms with E-state index in [4.69, 9.17) is 4.74 Å². The fourth-order valence-electron chi connectivity index (χ4n) is 3.41. The number of carboxylic acids is 1. The summed E-state index contributed by atoms with van der Waals surface area (Å²) in [6.07, 6.45) is 3.94. The SMILES string of the molecule is CN(C)CCCOc1ccccc1CNC(=O)C1CCCCC1C(=O)O. The van der Waals surface area contributed by atoms with E-state index in [2.05, 4.69) is 10.2 Å². The topological polar surface area (TPSA) is 78.9 Å². The number of hydrogen-bond acceptors (Lipinski definition) is 4. The van der Waals surface area contributed by atoms with Gasteiger partial charge in [0.1, 0.15) is 5.75 Å². The van der Waals surface area contributed by atoms with Crippen molar-refractivity contribution in [2.45, 2.75) is 38.6 Å². The van der Waals surface area contributed by atoms with E-state index >= 15 is 0 Å². The Morgan fingerprint density at radius 1 is 1.19 bits per heavy atom. The Bertz CT molecular complexity index is 603. The molecule has 26 heavy (non-hydrogen) atoms. The molecular weight excluding hydrogens is 332 g/mol. The Kier molecular flexibility index (Phi) is 7.91. The van der Waals surface area contributed by atoms with Crippen LogP contribution in [0.5, 0.6) is 5.75 Å². The Morgan fingerprint density at radius 2 is 1.88 bits per heavy atom. The molecule has 6 nitrogen and oxygen atoms in total. The first-order chi connectivity index (χ1) is 12.5. The summed E-state index contributed by atoms with van der Waals surface area (Å²) in [4.78, 5) is 26.0. The van der Waals surface area contributed by atoms with E-state index < -0.39 is 17.8 Å². The molecule has 144 valence electrons. The number of aliphatic carboxylic acids is 1. The van der Waals surface area contributed by atoms with E-state index in [1.807, 2.05) is 38.4 Å². The fraction of sp³-hybridized carbons (Fsp3) is 0.600. The van der Waals surface area contributed by atoms with Crippen LogP contribution in [0.3, 0.4) is 0 Å². The van der Waals surface area contributed by atoms with E-state index in [-0.39, 0.29) is 5.91 Å². The van der Waals surface area contributed by atoms with Gasteiger partial charge < -0.3 is 20.1 Å². The van der Waals surface area contributed by atoms with Gasteiger partial charge >= 0.3 is 5.97 Å². The number of nitrogens with zero attached hydrogens (tertiary/aromatic N) is 1. The zero-order valence-electron chi connectivity index (χ0n) is 15.7. The predicted molar refractivity (Wildman–Crippen MR) is 100 cm³/mol. The van der Waals surface area contributed by atoms with Crippen molar-refractivity contribution < 1.29 is 19.4 Å². The van der Waals surface area contributed by atoms with Gasteiger partial charge in [0.2, 0.25) is 5.91 Å². The number of carbonyl (C=O) groups is 2. The van der Waals surface area contributed by atoms with E-state index in [9.17, 15) is 14.7 Å². The fourth-order valence-corrected chi connectivity index (χ4v) is 3.41. The molecule has 0 heterocycles. The molecule has 2 rings (SSSR count). The van der Waals surface area contributed by atoms with Crippen LogP contribution in [0.1, 0.15) is 37.7 Å². The third-order valence-corrected chi connectivity index (χ3v) is 4.85. The second kappa shape index (κ2) is 10.2. The van der Waals surface area contributed by atoms with Crippen molar-refractivity contribution >= 4 is 11.9 Å². The summed E-state index contributed by atoms with van der Waals surface area (Å²) in [5.41, 5.74) is 0.911. The molecular formula is C20H30N2O4. The van der Waals surface area contributed by atoms with Crippen molar-refractivity contribution in [3.05, 3.63) is 29.8 Å². The molecule has 0 spiro atoms. The minimum absolute atomic E-state index is 0.167. The van der Waals surface area contributed by atoms with Crippen molar-refractivity contribution in [3.63, 3.8) is 0 Å². The Hall–Kier alpha value is -2.08. The maximum Gasteiger partial charge on any atom is 0.307 e. The van der Waals surface area contributed by atoms with Crippen LogP contribution in [-0.2, 0) is 16.1 Å². The molecule has 1 aliphatic rings. The summed E-state index contributed by atoms with van der Waals surface area (Å²) in [7, 11) is 4.05. The van der Waals surface area contributed by atoms with Crippen LogP contribution in [0.25, 0.3) is 0 Å². The van der Waals surface area contributed by atoms with Crippen LogP contribution >= 0.6 is 0 Å². The van der Waals surface area contributed by atoms with Gasteiger partial charge in [-0.15, -0.1) is 0 Å². The standard InChI is InChI=1S/C20H30N2O4/c1-22(2)12-7-13-26-18-11-6-3-8-15(18)14-21-19(23)16-9-4-5-10-17(16)20(24)25/h3,6,8,11,16-17H,4-5,7,9-10,12-14H2,1-2H3,(H,21,23)(H,24,25). The second-order valence-corrected chi connectivity index (χ2v) is 7.17. The first-order valence-electron chi connectivity index (χ1n) is 9.35. The van der Waals surface area contributed by atoms with Gasteiger partial charge in [0.05, 0.1) is 18.4 Å². The number of hydrogen-bond donors (Lipinski definition) is 2. The Morgan fingerprint density at radius 3 is 2.58 bits per heavy atom. The van der Waals surface area contributed by atoms with Crippen molar-refractivity contribution in [3.8, 4) is 5.75 Å². The molecule has 1 aliphatic carbocycles. The molecule has 0 bridgehead atoms. The average Bonchev–Trinajstić information content (AvgIpc) is 2.63. The highest BCUT2D eigenvalue weighted by Gasteiger charge is 2.35. The lowest BCUT2D eigenvalue weighted by molar-refractivity contribution is -0.148. The van der Waals surface area contributed by atoms with Crippen LogP contribution in [-0.4, -0.2) is 49.1 Å². The molecule has 1 aromatic rings. The minimum Gasteiger partial charge on any atom is -0.493 e. The molecule has 2 unspecified atom stereocenters. The lowest BCUT2D eigenvalue weighted by Gasteiger charge is -2.27. The van der Waals surface area contributed by atoms with Gasteiger partial charge in [-0.25, -0.2) is 0 Å². The number of carboxylic acid groups (broad SMARTS) is 1. The van der Waals surface area contributed by atoms with Gasteiger partial charge in [-0.1, -0.05) is 31.0 Å². The number of carbonyl (C=O) groups excluding carboxylic acids is 1. The first-order valence-corrected chi connectivity index (χ1v) is 9.35. The first kappa shape index (κ1) is 20.2. The van der Waals surface area contributed by atoms with Gasteiger partial charge in [-0.3, -0.25) is 9.59 Å². The average molecular weight is 362 g/mol. The van der Waals surface area contributed by atoms with E-state index in [1.165, 1.54) is 0 Å². The van der Waals surface area contributed by atoms with E-state index in [0.717, 1.165) is 37.1 Å². The summed E-state index contributed by atoms with van der Waals surface area (Å²) in [6.45, 7) is 1.93. The number of rotatable bonds is 9. The number of nitrogens with one attached hydrogen (secondary N) is 1. The third kappa shape index (κ3) is 6.02. The highest BCUT2D eigenvalue weighted by atomic mass is 16.5. The van der Waals surface area contributed by atoms with Crippen molar-refractivity contribution in [1.29, 1.82) is 0 Å². The van der Waals surface area contributed by atoms with Gasteiger partial charge in [0.25, 0.3) is 0 Å². The van der Waals surface area contributed by atoms with Crippen LogP contribution in [0.2, 0.25) is 0 Å². The minimum atomic E-state index is -0.866. The van der Waals surface area contributed by atoms with Crippen molar-refractivity contribution in [2.75, 3.05) is 27.2 Å². The monoisotopic (exact) mass is 362 g/mol. The molecule has 0 saturated heterocycles. The molecule has 1 fully saturated rings. The number of ether oxygens (including phenoxy) is 1. The van der Waals surface area contributed by atoms with Crippen LogP contribution < -0.4 is 10.1 Å². The lowest BCUT2D eigenvalue weighted by Crippen LogP contribution is -2.39. The number of amides is 1. The van der Waals surface area contributed by atoms with Crippen LogP contribution in [0.4, 0.5) is 0 Å². The molecule has 0 aromatic heterocycles. The second-order valence-electron chi connectivity index (χ2n) is 7.17. The predicted octanol–water partition coefficient (Wildman–Crippen LogP) is 2.52. The highest BCUT2D eigenvalue weighted by Crippen LogP contribution is 2.30. The summed E-state index contributed by atoms with van der Waals surface area (Å²) < 4.78 is 5.85. The highest BCUT2D eigenvalue weighted by molar-refractivity contribution is 5.84. The van der Waals surface area contributed by atoms with Crippen LogP contribution in [0.15, 0.2) is 24.3 Å². The zero-order chi connectivity index (χ0) is 18.9. The van der Waals surface area contributed by atoms with Gasteiger partial charge in [-0.2, -0.15) is 0 Å².